The Morgan fingerprint density at radius 1 is 1.11 bits per heavy atom. The van der Waals surface area contributed by atoms with Gasteiger partial charge in [0.25, 0.3) is 17.0 Å². The second-order valence-corrected chi connectivity index (χ2v) is 7.28. The first kappa shape index (κ1) is 18.9. The Morgan fingerprint density at radius 3 is 2.41 bits per heavy atom. The number of nitrogens with zero attached hydrogens (tertiary/aromatic N) is 2. The summed E-state index contributed by atoms with van der Waals surface area (Å²) < 4.78 is 5.93. The van der Waals surface area contributed by atoms with Gasteiger partial charge in [-0.3, -0.25) is 24.3 Å². The standard InChI is InChI=1S/C19H23N3O5/c1-12-7-13(2)9-21(8-12)16(23)11-27-17(24)10-22-19(26)15-6-4-3-5-14(15)18(25)20-22/h3-6,12-13H,7-11H2,1-2H3,(H,20,25)/t12-,13+. The number of aromatic amines is 1. The van der Waals surface area contributed by atoms with Crippen LogP contribution in [-0.2, 0) is 20.9 Å². The van der Waals surface area contributed by atoms with Gasteiger partial charge in [0.15, 0.2) is 6.61 Å². The Kier molecular flexibility index (Phi) is 5.43. The molecular weight excluding hydrogens is 350 g/mol. The molecule has 27 heavy (non-hydrogen) atoms. The molecule has 2 aromatic rings. The van der Waals surface area contributed by atoms with Crippen molar-refractivity contribution in [1.29, 1.82) is 0 Å². The van der Waals surface area contributed by atoms with Gasteiger partial charge in [0.2, 0.25) is 0 Å². The zero-order valence-electron chi connectivity index (χ0n) is 15.4. The smallest absolute Gasteiger partial charge is 0.328 e. The molecule has 0 aliphatic carbocycles. The van der Waals surface area contributed by atoms with Crippen molar-refractivity contribution in [3.05, 3.63) is 45.0 Å². The van der Waals surface area contributed by atoms with E-state index < -0.39 is 23.6 Å². The van der Waals surface area contributed by atoms with E-state index in [0.717, 1.165) is 11.1 Å². The van der Waals surface area contributed by atoms with Gasteiger partial charge in [0, 0.05) is 13.1 Å². The summed E-state index contributed by atoms with van der Waals surface area (Å²) >= 11 is 0. The van der Waals surface area contributed by atoms with Gasteiger partial charge >= 0.3 is 5.97 Å². The first-order valence-electron chi connectivity index (χ1n) is 9.00. The van der Waals surface area contributed by atoms with Gasteiger partial charge in [-0.15, -0.1) is 0 Å². The van der Waals surface area contributed by atoms with Gasteiger partial charge in [0.1, 0.15) is 6.54 Å². The summed E-state index contributed by atoms with van der Waals surface area (Å²) in [6.45, 7) is 4.65. The van der Waals surface area contributed by atoms with Gasteiger partial charge in [-0.25, -0.2) is 4.68 Å². The number of H-pyrrole nitrogens is 1. The van der Waals surface area contributed by atoms with Crippen LogP contribution in [0.2, 0.25) is 0 Å². The minimum absolute atomic E-state index is 0.224. The van der Waals surface area contributed by atoms with Crippen LogP contribution in [0.1, 0.15) is 20.3 Å². The molecule has 1 amide bonds. The van der Waals surface area contributed by atoms with E-state index in [1.54, 1.807) is 17.0 Å². The Morgan fingerprint density at radius 2 is 1.74 bits per heavy atom. The molecule has 8 nitrogen and oxygen atoms in total. The molecule has 0 spiro atoms. The Bertz CT molecular complexity index is 967. The molecule has 1 fully saturated rings. The van der Waals surface area contributed by atoms with Crippen molar-refractivity contribution in [2.45, 2.75) is 26.8 Å². The normalized spacial score (nSPS) is 19.9. The van der Waals surface area contributed by atoms with E-state index in [1.165, 1.54) is 12.1 Å². The molecule has 2 atom stereocenters. The van der Waals surface area contributed by atoms with Crippen LogP contribution in [0.3, 0.4) is 0 Å². The zero-order chi connectivity index (χ0) is 19.6. The first-order valence-corrected chi connectivity index (χ1v) is 9.00. The molecule has 1 aromatic carbocycles. The Labute approximate surface area is 155 Å². The van der Waals surface area contributed by atoms with Crippen molar-refractivity contribution >= 4 is 22.6 Å². The first-order chi connectivity index (χ1) is 12.8. The van der Waals surface area contributed by atoms with Crippen LogP contribution < -0.4 is 11.1 Å². The summed E-state index contributed by atoms with van der Waals surface area (Å²) in [4.78, 5) is 50.4. The number of benzene rings is 1. The highest BCUT2D eigenvalue weighted by molar-refractivity contribution is 5.82. The van der Waals surface area contributed by atoms with E-state index in [2.05, 4.69) is 18.9 Å². The van der Waals surface area contributed by atoms with E-state index in [4.69, 9.17) is 4.74 Å². The number of fused-ring (bicyclic) bond motifs is 1. The fourth-order valence-electron chi connectivity index (χ4n) is 3.63. The fourth-order valence-corrected chi connectivity index (χ4v) is 3.63. The average molecular weight is 373 g/mol. The second-order valence-electron chi connectivity index (χ2n) is 7.28. The highest BCUT2D eigenvalue weighted by atomic mass is 16.5. The summed E-state index contributed by atoms with van der Waals surface area (Å²) in [5.41, 5.74) is -0.961. The van der Waals surface area contributed by atoms with E-state index in [1.807, 2.05) is 0 Å². The molecule has 1 aliphatic rings. The second kappa shape index (κ2) is 7.77. The van der Waals surface area contributed by atoms with Crippen LogP contribution >= 0.6 is 0 Å². The number of hydrogen-bond donors (Lipinski definition) is 1. The number of piperidine rings is 1. The molecule has 1 saturated heterocycles. The van der Waals surface area contributed by atoms with Crippen molar-refractivity contribution in [2.24, 2.45) is 11.8 Å². The fraction of sp³-hybridized carbons (Fsp3) is 0.474. The van der Waals surface area contributed by atoms with Gasteiger partial charge in [-0.1, -0.05) is 26.0 Å². The molecule has 144 valence electrons. The quantitative estimate of drug-likeness (QED) is 0.797. The molecule has 0 unspecified atom stereocenters. The van der Waals surface area contributed by atoms with Crippen molar-refractivity contribution < 1.29 is 14.3 Å². The number of carbonyl (C=O) groups is 2. The highest BCUT2D eigenvalue weighted by Gasteiger charge is 2.26. The lowest BCUT2D eigenvalue weighted by Crippen LogP contribution is -2.44. The van der Waals surface area contributed by atoms with Gasteiger partial charge in [-0.2, -0.15) is 0 Å². The molecule has 8 heteroatoms. The summed E-state index contributed by atoms with van der Waals surface area (Å²) in [6.07, 6.45) is 1.07. The van der Waals surface area contributed by atoms with Crippen molar-refractivity contribution in [2.75, 3.05) is 19.7 Å². The lowest BCUT2D eigenvalue weighted by atomic mass is 9.92. The maximum atomic E-state index is 12.4. The summed E-state index contributed by atoms with van der Waals surface area (Å²) in [5.74, 6) is -0.181. The minimum atomic E-state index is -0.755. The number of amides is 1. The van der Waals surface area contributed by atoms with Crippen LogP contribution in [0.4, 0.5) is 0 Å². The number of nitrogens with one attached hydrogen (secondary N) is 1. The third-order valence-electron chi connectivity index (χ3n) is 4.75. The van der Waals surface area contributed by atoms with E-state index >= 15 is 0 Å². The van der Waals surface area contributed by atoms with Crippen LogP contribution in [-0.4, -0.2) is 46.3 Å². The molecule has 1 N–H and O–H groups in total. The summed E-state index contributed by atoms with van der Waals surface area (Å²) in [7, 11) is 0. The molecule has 2 heterocycles. The van der Waals surface area contributed by atoms with Crippen LogP contribution in [0.15, 0.2) is 33.9 Å². The molecule has 3 rings (SSSR count). The van der Waals surface area contributed by atoms with Crippen molar-refractivity contribution in [3.63, 3.8) is 0 Å². The Hall–Kier alpha value is -2.90. The number of carbonyl (C=O) groups excluding carboxylic acids is 2. The average Bonchev–Trinajstić information content (AvgIpc) is 2.63. The van der Waals surface area contributed by atoms with Gasteiger partial charge in [0.05, 0.1) is 10.8 Å². The minimum Gasteiger partial charge on any atom is -0.454 e. The topological polar surface area (TPSA) is 101 Å². The molecule has 0 bridgehead atoms. The van der Waals surface area contributed by atoms with Crippen LogP contribution in [0.25, 0.3) is 10.8 Å². The number of hydrogen-bond acceptors (Lipinski definition) is 5. The number of likely N-dealkylation sites (tertiary alicyclic amines) is 1. The SMILES string of the molecule is C[C@@H]1C[C@H](C)CN(C(=O)COC(=O)Cn2[nH]c(=O)c3ccccc3c2=O)C1. The predicted molar refractivity (Wildman–Crippen MR) is 99.3 cm³/mol. The van der Waals surface area contributed by atoms with E-state index in [9.17, 15) is 19.2 Å². The molecule has 0 radical (unpaired) electrons. The lowest BCUT2D eigenvalue weighted by Gasteiger charge is -2.34. The third-order valence-corrected chi connectivity index (χ3v) is 4.75. The largest absolute Gasteiger partial charge is 0.454 e. The third kappa shape index (κ3) is 4.27. The predicted octanol–water partition coefficient (Wildman–Crippen LogP) is 0.737. The Balaban J connectivity index is 1.64. The molecule has 1 aliphatic heterocycles. The van der Waals surface area contributed by atoms with Crippen molar-refractivity contribution in [1.82, 2.24) is 14.7 Å². The maximum Gasteiger partial charge on any atom is 0.328 e. The van der Waals surface area contributed by atoms with Gasteiger partial charge < -0.3 is 9.64 Å². The number of aromatic nitrogens is 2. The maximum absolute atomic E-state index is 12.4. The zero-order valence-corrected chi connectivity index (χ0v) is 15.4. The lowest BCUT2D eigenvalue weighted by molar-refractivity contribution is -0.153. The number of ether oxygens (including phenoxy) is 1. The van der Waals surface area contributed by atoms with Crippen molar-refractivity contribution in [3.8, 4) is 0 Å². The van der Waals surface area contributed by atoms with E-state index in [0.29, 0.717) is 24.9 Å². The summed E-state index contributed by atoms with van der Waals surface area (Å²) in [6, 6.07) is 6.36. The van der Waals surface area contributed by atoms with Crippen LogP contribution in [0.5, 0.6) is 0 Å². The molecule has 1 aromatic heterocycles. The molecular formula is C19H23N3O5. The van der Waals surface area contributed by atoms with E-state index in [-0.39, 0.29) is 23.3 Å². The van der Waals surface area contributed by atoms with Gasteiger partial charge in [-0.05, 0) is 30.4 Å². The summed E-state index contributed by atoms with van der Waals surface area (Å²) in [5, 5.41) is 2.85. The monoisotopic (exact) mass is 373 g/mol. The number of esters is 1. The molecule has 0 saturated carbocycles. The number of rotatable bonds is 4. The van der Waals surface area contributed by atoms with Crippen LogP contribution in [0, 0.1) is 11.8 Å². The highest BCUT2D eigenvalue weighted by Crippen LogP contribution is 2.20.